The van der Waals surface area contributed by atoms with Crippen molar-refractivity contribution in [2.45, 2.75) is 26.2 Å². The summed E-state index contributed by atoms with van der Waals surface area (Å²) in [5, 5.41) is 0. The van der Waals surface area contributed by atoms with Crippen molar-refractivity contribution in [3.8, 4) is 23.0 Å². The van der Waals surface area contributed by atoms with E-state index < -0.39 is 0 Å². The molecule has 0 unspecified atom stereocenters. The van der Waals surface area contributed by atoms with Gasteiger partial charge in [0.1, 0.15) is 62.5 Å². The first-order valence-corrected chi connectivity index (χ1v) is 16.8. The van der Waals surface area contributed by atoms with Crippen LogP contribution < -0.4 is 18.9 Å². The molecule has 274 valence electrons. The summed E-state index contributed by atoms with van der Waals surface area (Å²) in [7, 11) is 0. The zero-order chi connectivity index (χ0) is 36.7. The molecule has 0 spiro atoms. The monoisotopic (exact) mass is 702 g/mol. The SMILES string of the molecule is C=Cc1cccc(OCCOCCOCCOCCOc2cccc(C=NCC(=O)COc3ccc(OCC(=O)CN=C)cc3C(C)(C)C)c2)c1. The molecule has 0 fully saturated rings. The summed E-state index contributed by atoms with van der Waals surface area (Å²) in [5.41, 5.74) is 2.38. The van der Waals surface area contributed by atoms with Gasteiger partial charge in [0.05, 0.1) is 39.6 Å². The third kappa shape index (κ3) is 16.6. The summed E-state index contributed by atoms with van der Waals surface area (Å²) < 4.78 is 39.6. The van der Waals surface area contributed by atoms with Gasteiger partial charge < -0.3 is 33.2 Å². The third-order valence-electron chi connectivity index (χ3n) is 7.03. The minimum absolute atomic E-state index is 0.00810. The lowest BCUT2D eigenvalue weighted by Gasteiger charge is -2.23. The Morgan fingerprint density at radius 2 is 1.18 bits per heavy atom. The van der Waals surface area contributed by atoms with E-state index >= 15 is 0 Å². The fourth-order valence-electron chi connectivity index (χ4n) is 4.50. The van der Waals surface area contributed by atoms with E-state index in [0.717, 1.165) is 22.4 Å². The maximum absolute atomic E-state index is 12.6. The van der Waals surface area contributed by atoms with E-state index in [0.29, 0.717) is 70.1 Å². The zero-order valence-electron chi connectivity index (χ0n) is 30.0. The summed E-state index contributed by atoms with van der Waals surface area (Å²) in [6.07, 6.45) is 3.41. The van der Waals surface area contributed by atoms with Crippen molar-refractivity contribution in [3.63, 3.8) is 0 Å². The van der Waals surface area contributed by atoms with Gasteiger partial charge in [0.2, 0.25) is 0 Å². The average Bonchev–Trinajstić information content (AvgIpc) is 3.12. The first kappa shape index (κ1) is 40.6. The van der Waals surface area contributed by atoms with Gasteiger partial charge >= 0.3 is 0 Å². The lowest BCUT2D eigenvalue weighted by Crippen LogP contribution is -2.19. The van der Waals surface area contributed by atoms with E-state index in [4.69, 9.17) is 33.2 Å². The van der Waals surface area contributed by atoms with Crippen LogP contribution in [0.3, 0.4) is 0 Å². The molecule has 0 aliphatic rings. The predicted octanol–water partition coefficient (Wildman–Crippen LogP) is 5.85. The van der Waals surface area contributed by atoms with Gasteiger partial charge in [-0.1, -0.05) is 57.7 Å². The Bertz CT molecular complexity index is 1570. The quantitative estimate of drug-likeness (QED) is 0.0749. The summed E-state index contributed by atoms with van der Waals surface area (Å²) >= 11 is 0. The van der Waals surface area contributed by atoms with Crippen molar-refractivity contribution in [3.05, 3.63) is 90.0 Å². The Labute approximate surface area is 301 Å². The number of carbonyl (C=O) groups excluding carboxylic acids is 2. The molecule has 0 aliphatic heterocycles. The molecule has 0 radical (unpaired) electrons. The van der Waals surface area contributed by atoms with Crippen molar-refractivity contribution in [1.82, 2.24) is 0 Å². The highest BCUT2D eigenvalue weighted by molar-refractivity contribution is 5.86. The molecule has 0 heterocycles. The van der Waals surface area contributed by atoms with Crippen molar-refractivity contribution in [2.24, 2.45) is 9.98 Å². The second kappa shape index (κ2) is 22.8. The maximum atomic E-state index is 12.6. The standard InChI is InChI=1S/C40H50N2O9/c1-6-31-9-7-11-35(23-31)48-21-19-46-17-15-45-16-18-47-20-22-49-36-12-8-10-32(24-36)26-42-28-34(44)30-51-39-14-13-37(25-38(39)40(2,3)4)50-29-33(43)27-41-5/h6-14,23-26H,1,5,15-22,27-30H2,2-4H3. The van der Waals surface area contributed by atoms with Crippen molar-refractivity contribution in [1.29, 1.82) is 0 Å². The van der Waals surface area contributed by atoms with Crippen LogP contribution in [0.25, 0.3) is 6.08 Å². The Kier molecular flexibility index (Phi) is 18.1. The summed E-state index contributed by atoms with van der Waals surface area (Å²) in [5.74, 6) is 2.23. The van der Waals surface area contributed by atoms with Crippen molar-refractivity contribution < 1.29 is 42.7 Å². The molecule has 0 aliphatic carbocycles. The van der Waals surface area contributed by atoms with Gasteiger partial charge in [-0.25, -0.2) is 0 Å². The van der Waals surface area contributed by atoms with E-state index in [1.165, 1.54) is 0 Å². The molecule has 0 saturated carbocycles. The van der Waals surface area contributed by atoms with Crippen molar-refractivity contribution >= 4 is 30.6 Å². The summed E-state index contributed by atoms with van der Waals surface area (Å²) in [6.45, 7) is 16.5. The number of Topliss-reactive ketones (excluding diaryl/α,β-unsaturated/α-hetero) is 2. The van der Waals surface area contributed by atoms with Crippen LogP contribution in [0, 0.1) is 0 Å². The third-order valence-corrected chi connectivity index (χ3v) is 7.03. The number of carbonyl (C=O) groups is 2. The van der Waals surface area contributed by atoms with Crippen LogP contribution in [-0.2, 0) is 29.2 Å². The number of ketones is 2. The smallest absolute Gasteiger partial charge is 0.191 e. The highest BCUT2D eigenvalue weighted by atomic mass is 16.6. The van der Waals surface area contributed by atoms with Gasteiger partial charge in [-0.3, -0.25) is 19.6 Å². The average molecular weight is 703 g/mol. The summed E-state index contributed by atoms with van der Waals surface area (Å²) in [6, 6.07) is 20.4. The number of ether oxygens (including phenoxy) is 7. The van der Waals surface area contributed by atoms with Gasteiger partial charge in [0.25, 0.3) is 0 Å². The van der Waals surface area contributed by atoms with Crippen LogP contribution in [0.2, 0.25) is 0 Å². The lowest BCUT2D eigenvalue weighted by molar-refractivity contribution is -0.120. The molecule has 0 saturated heterocycles. The van der Waals surface area contributed by atoms with Crippen LogP contribution in [0.4, 0.5) is 0 Å². The zero-order valence-corrected chi connectivity index (χ0v) is 30.0. The molecule has 3 aromatic rings. The number of rotatable bonds is 26. The number of hydrogen-bond donors (Lipinski definition) is 0. The molecule has 0 aromatic heterocycles. The maximum Gasteiger partial charge on any atom is 0.191 e. The summed E-state index contributed by atoms with van der Waals surface area (Å²) in [4.78, 5) is 32.2. The highest BCUT2D eigenvalue weighted by Crippen LogP contribution is 2.34. The highest BCUT2D eigenvalue weighted by Gasteiger charge is 2.21. The van der Waals surface area contributed by atoms with E-state index in [9.17, 15) is 9.59 Å². The lowest BCUT2D eigenvalue weighted by atomic mass is 9.86. The Balaban J connectivity index is 1.26. The number of nitrogens with zero attached hydrogens (tertiary/aromatic N) is 2. The van der Waals surface area contributed by atoms with Gasteiger partial charge in [0.15, 0.2) is 11.6 Å². The number of benzene rings is 3. The molecule has 0 amide bonds. The second-order valence-corrected chi connectivity index (χ2v) is 12.3. The molecule has 0 N–H and O–H groups in total. The molecule has 0 atom stereocenters. The van der Waals surface area contributed by atoms with Crippen LogP contribution in [-0.4, -0.2) is 104 Å². The van der Waals surface area contributed by atoms with Crippen LogP contribution in [0.5, 0.6) is 23.0 Å². The Hall–Kier alpha value is -4.84. The van der Waals surface area contributed by atoms with Crippen LogP contribution >= 0.6 is 0 Å². The number of aliphatic imine (C=N–C) groups is 2. The van der Waals surface area contributed by atoms with Gasteiger partial charge in [-0.15, -0.1) is 0 Å². The van der Waals surface area contributed by atoms with Crippen LogP contribution in [0.15, 0.2) is 83.3 Å². The minimum atomic E-state index is -0.288. The molecule has 51 heavy (non-hydrogen) atoms. The second-order valence-electron chi connectivity index (χ2n) is 12.3. The van der Waals surface area contributed by atoms with Gasteiger partial charge in [-0.05, 0) is 65.7 Å². The topological polar surface area (TPSA) is 123 Å². The van der Waals surface area contributed by atoms with Gasteiger partial charge in [0, 0.05) is 11.8 Å². The molecular formula is C40H50N2O9. The normalized spacial score (nSPS) is 11.3. The Morgan fingerprint density at radius 3 is 1.76 bits per heavy atom. The Morgan fingerprint density at radius 1 is 0.647 bits per heavy atom. The predicted molar refractivity (Wildman–Crippen MR) is 199 cm³/mol. The van der Waals surface area contributed by atoms with E-state index in [-0.39, 0.29) is 43.3 Å². The molecule has 3 rings (SSSR count). The molecular weight excluding hydrogens is 652 g/mol. The fourth-order valence-corrected chi connectivity index (χ4v) is 4.50. The molecule has 11 heteroatoms. The van der Waals surface area contributed by atoms with E-state index in [2.05, 4.69) is 23.3 Å². The molecule has 11 nitrogen and oxygen atoms in total. The molecule has 3 aromatic carbocycles. The van der Waals surface area contributed by atoms with E-state index in [1.807, 2.05) is 75.4 Å². The first-order valence-electron chi connectivity index (χ1n) is 16.8. The van der Waals surface area contributed by atoms with Crippen molar-refractivity contribution in [2.75, 3.05) is 79.2 Å². The van der Waals surface area contributed by atoms with E-state index in [1.54, 1.807) is 24.4 Å². The largest absolute Gasteiger partial charge is 0.491 e. The molecule has 0 bridgehead atoms. The van der Waals surface area contributed by atoms with Crippen LogP contribution in [0.1, 0.15) is 37.5 Å². The first-order chi connectivity index (χ1) is 24.7. The van der Waals surface area contributed by atoms with Gasteiger partial charge in [-0.2, -0.15) is 0 Å². The minimum Gasteiger partial charge on any atom is -0.491 e. The fraction of sp³-hybridized carbons (Fsp3) is 0.400. The number of hydrogen-bond acceptors (Lipinski definition) is 11.